The minimum absolute atomic E-state index is 0.0353. The number of pyridine rings is 2. The van der Waals surface area contributed by atoms with Crippen molar-refractivity contribution in [2.24, 2.45) is 0 Å². The Bertz CT molecular complexity index is 1140. The molecule has 1 N–H and O–H groups in total. The molecule has 0 spiro atoms. The van der Waals surface area contributed by atoms with Gasteiger partial charge in [-0.3, -0.25) is 9.59 Å². The average molecular weight is 429 g/mol. The Hall–Kier alpha value is -3.56. The Labute approximate surface area is 176 Å². The average Bonchev–Trinajstić information content (AvgIpc) is 3.09. The third-order valence-electron chi connectivity index (χ3n) is 5.09. The second-order valence-corrected chi connectivity index (χ2v) is 7.24. The third kappa shape index (κ3) is 4.18. The lowest BCUT2D eigenvalue weighted by Crippen LogP contribution is -2.47. The zero-order valence-corrected chi connectivity index (χ0v) is 17.0. The molecule has 3 aromatic heterocycles. The van der Waals surface area contributed by atoms with Gasteiger partial charge >= 0.3 is 0 Å². The highest BCUT2D eigenvalue weighted by atomic mass is 19.3. The Morgan fingerprint density at radius 3 is 2.71 bits per heavy atom. The monoisotopic (exact) mass is 429 g/mol. The van der Waals surface area contributed by atoms with Crippen molar-refractivity contribution in [2.75, 3.05) is 25.0 Å². The molecule has 162 valence electrons. The first kappa shape index (κ1) is 20.7. The Balaban J connectivity index is 1.60. The highest BCUT2D eigenvalue weighted by Gasteiger charge is 2.31. The fourth-order valence-electron chi connectivity index (χ4n) is 3.41. The lowest BCUT2D eigenvalue weighted by Gasteiger charge is -2.37. The summed E-state index contributed by atoms with van der Waals surface area (Å²) in [6, 6.07) is 5.60. The lowest BCUT2D eigenvalue weighted by atomic mass is 9.97. The van der Waals surface area contributed by atoms with Crippen LogP contribution < -0.4 is 10.1 Å². The minimum Gasteiger partial charge on any atom is -0.491 e. The van der Waals surface area contributed by atoms with Gasteiger partial charge in [-0.05, 0) is 19.1 Å². The number of fused-ring (bicyclic) bond motifs is 1. The van der Waals surface area contributed by atoms with E-state index in [9.17, 15) is 18.4 Å². The number of likely N-dealkylation sites (tertiary alicyclic amines) is 1. The molecule has 0 aromatic carbocycles. The first-order chi connectivity index (χ1) is 14.9. The van der Waals surface area contributed by atoms with Crippen LogP contribution in [0.25, 0.3) is 5.65 Å². The van der Waals surface area contributed by atoms with Crippen molar-refractivity contribution in [3.8, 4) is 5.75 Å². The molecule has 1 saturated heterocycles. The summed E-state index contributed by atoms with van der Waals surface area (Å²) < 4.78 is 33.2. The number of halogens is 2. The Morgan fingerprint density at radius 2 is 2.03 bits per heavy atom. The molecule has 4 heterocycles. The fourth-order valence-corrected chi connectivity index (χ4v) is 3.41. The highest BCUT2D eigenvalue weighted by Crippen LogP contribution is 2.31. The molecule has 0 unspecified atom stereocenters. The molecule has 3 aromatic rings. The lowest BCUT2D eigenvalue weighted by molar-refractivity contribution is -0.133. The quantitative estimate of drug-likeness (QED) is 0.650. The van der Waals surface area contributed by atoms with Crippen LogP contribution >= 0.6 is 0 Å². The van der Waals surface area contributed by atoms with E-state index in [1.165, 1.54) is 25.1 Å². The minimum atomic E-state index is -2.77. The number of aromatic nitrogens is 3. The Morgan fingerprint density at radius 1 is 1.26 bits per heavy atom. The summed E-state index contributed by atoms with van der Waals surface area (Å²) in [6.45, 7) is 4.95. The maximum Gasteiger partial charge on any atom is 0.280 e. The van der Waals surface area contributed by atoms with Gasteiger partial charge in [-0.1, -0.05) is 6.07 Å². The van der Waals surface area contributed by atoms with E-state index in [-0.39, 0.29) is 17.5 Å². The molecular weight excluding hydrogens is 408 g/mol. The molecule has 0 bridgehead atoms. The van der Waals surface area contributed by atoms with Gasteiger partial charge in [0.25, 0.3) is 12.3 Å². The second kappa shape index (κ2) is 8.29. The molecular formula is C21H21F2N5O3. The predicted octanol–water partition coefficient (Wildman–Crippen LogP) is 3.26. The number of nitrogens with zero attached hydrogens (tertiary/aromatic N) is 4. The summed E-state index contributed by atoms with van der Waals surface area (Å²) in [4.78, 5) is 34.1. The van der Waals surface area contributed by atoms with Gasteiger partial charge in [0.05, 0.1) is 12.3 Å². The summed E-state index contributed by atoms with van der Waals surface area (Å²) in [7, 11) is 0. The number of alkyl halides is 2. The van der Waals surface area contributed by atoms with Crippen LogP contribution in [0.2, 0.25) is 0 Å². The Kier molecular flexibility index (Phi) is 5.53. The molecule has 8 nitrogen and oxygen atoms in total. The molecule has 0 atom stereocenters. The number of hydrogen-bond donors (Lipinski definition) is 1. The zero-order chi connectivity index (χ0) is 22.1. The number of amides is 2. The molecule has 4 rings (SSSR count). The maximum atomic E-state index is 12.9. The summed E-state index contributed by atoms with van der Waals surface area (Å²) in [6.07, 6.45) is 0.740. The number of nitrogens with one attached hydrogen (secondary N) is 1. The van der Waals surface area contributed by atoms with E-state index < -0.39 is 18.0 Å². The van der Waals surface area contributed by atoms with Crippen LogP contribution in [0.15, 0.2) is 36.7 Å². The van der Waals surface area contributed by atoms with Crippen LogP contribution in [-0.4, -0.2) is 50.8 Å². The predicted molar refractivity (Wildman–Crippen MR) is 109 cm³/mol. The van der Waals surface area contributed by atoms with Gasteiger partial charge in [-0.2, -0.15) is 0 Å². The molecule has 0 aliphatic carbocycles. The van der Waals surface area contributed by atoms with Gasteiger partial charge in [0.2, 0.25) is 5.91 Å². The van der Waals surface area contributed by atoms with Crippen LogP contribution in [0, 0.1) is 0 Å². The number of hydrogen-bond acceptors (Lipinski definition) is 5. The zero-order valence-electron chi connectivity index (χ0n) is 17.0. The second-order valence-electron chi connectivity index (χ2n) is 7.24. The van der Waals surface area contributed by atoms with Crippen LogP contribution in [-0.2, 0) is 4.79 Å². The number of ether oxygens (including phenoxy) is 1. The van der Waals surface area contributed by atoms with Crippen molar-refractivity contribution in [3.05, 3.63) is 53.7 Å². The van der Waals surface area contributed by atoms with E-state index in [1.807, 2.05) is 13.1 Å². The van der Waals surface area contributed by atoms with Gasteiger partial charge in [0.15, 0.2) is 0 Å². The van der Waals surface area contributed by atoms with Gasteiger partial charge < -0.3 is 19.4 Å². The smallest absolute Gasteiger partial charge is 0.280 e. The summed E-state index contributed by atoms with van der Waals surface area (Å²) >= 11 is 0. The standard InChI is InChI=1S/C21H21F2N5O3/c1-3-31-18-7-19-25-16(13-8-27(9-13)12(2)29)10-28(19)11-17(18)26-21(30)15-6-4-5-14(24-15)20(22)23/h4-7,10-11,13,20H,3,8-9H2,1-2H3,(H,26,30). The van der Waals surface area contributed by atoms with E-state index in [2.05, 4.69) is 15.3 Å². The van der Waals surface area contributed by atoms with Crippen molar-refractivity contribution in [3.63, 3.8) is 0 Å². The summed E-state index contributed by atoms with van der Waals surface area (Å²) in [5.74, 6) is -0.0319. The number of anilines is 1. The van der Waals surface area contributed by atoms with Crippen molar-refractivity contribution < 1.29 is 23.1 Å². The summed E-state index contributed by atoms with van der Waals surface area (Å²) in [5, 5.41) is 2.69. The van der Waals surface area contributed by atoms with Crippen molar-refractivity contribution in [1.29, 1.82) is 0 Å². The summed E-state index contributed by atoms with van der Waals surface area (Å²) in [5.41, 5.74) is 1.26. The van der Waals surface area contributed by atoms with Gasteiger partial charge in [0, 0.05) is 44.4 Å². The van der Waals surface area contributed by atoms with E-state index in [1.54, 1.807) is 21.6 Å². The highest BCUT2D eigenvalue weighted by molar-refractivity contribution is 6.03. The van der Waals surface area contributed by atoms with Crippen LogP contribution in [0.5, 0.6) is 5.75 Å². The van der Waals surface area contributed by atoms with Gasteiger partial charge in [-0.25, -0.2) is 18.7 Å². The molecule has 1 aliphatic rings. The van der Waals surface area contributed by atoms with E-state index in [0.717, 1.165) is 5.69 Å². The molecule has 0 radical (unpaired) electrons. The van der Waals surface area contributed by atoms with Crippen LogP contribution in [0.4, 0.5) is 14.5 Å². The first-order valence-corrected chi connectivity index (χ1v) is 9.83. The molecule has 2 amide bonds. The van der Waals surface area contributed by atoms with Gasteiger partial charge in [0.1, 0.15) is 28.5 Å². The van der Waals surface area contributed by atoms with Crippen LogP contribution in [0.3, 0.4) is 0 Å². The molecule has 31 heavy (non-hydrogen) atoms. The molecule has 0 saturated carbocycles. The molecule has 10 heteroatoms. The van der Waals surface area contributed by atoms with Crippen molar-refractivity contribution in [1.82, 2.24) is 19.3 Å². The molecule has 1 aliphatic heterocycles. The number of rotatable bonds is 6. The third-order valence-corrected chi connectivity index (χ3v) is 5.09. The van der Waals surface area contributed by atoms with E-state index in [4.69, 9.17) is 4.74 Å². The largest absolute Gasteiger partial charge is 0.491 e. The van der Waals surface area contributed by atoms with E-state index in [0.29, 0.717) is 36.8 Å². The van der Waals surface area contributed by atoms with Crippen molar-refractivity contribution >= 4 is 23.1 Å². The fraction of sp³-hybridized carbons (Fsp3) is 0.333. The SMILES string of the molecule is CCOc1cc2nc(C3CN(C(C)=O)C3)cn2cc1NC(=O)c1cccc(C(F)F)n1. The number of carbonyl (C=O) groups is 2. The number of carbonyl (C=O) groups excluding carboxylic acids is 2. The van der Waals surface area contributed by atoms with Crippen molar-refractivity contribution in [2.45, 2.75) is 26.2 Å². The number of imidazole rings is 1. The van der Waals surface area contributed by atoms with Gasteiger partial charge in [-0.15, -0.1) is 0 Å². The van der Waals surface area contributed by atoms with E-state index >= 15 is 0 Å². The molecule has 1 fully saturated rings. The topological polar surface area (TPSA) is 88.8 Å². The van der Waals surface area contributed by atoms with Crippen LogP contribution in [0.1, 0.15) is 48.1 Å². The first-order valence-electron chi connectivity index (χ1n) is 9.83. The normalized spacial score (nSPS) is 14.0. The maximum absolute atomic E-state index is 12.9.